The van der Waals surface area contributed by atoms with E-state index in [-0.39, 0.29) is 11.1 Å². The molecule has 1 aromatic heterocycles. The fourth-order valence-corrected chi connectivity index (χ4v) is 2.11. The second kappa shape index (κ2) is 5.81. The van der Waals surface area contributed by atoms with Crippen LogP contribution in [-0.4, -0.2) is 9.97 Å². The van der Waals surface area contributed by atoms with Crippen LogP contribution in [0.1, 0.15) is 0 Å². The van der Waals surface area contributed by atoms with E-state index in [1.807, 2.05) is 42.5 Å². The minimum Gasteiger partial charge on any atom is -0.439 e. The van der Waals surface area contributed by atoms with E-state index in [0.717, 1.165) is 11.1 Å². The summed E-state index contributed by atoms with van der Waals surface area (Å²) in [6, 6.07) is 19.3. The Kier molecular flexibility index (Phi) is 3.71. The summed E-state index contributed by atoms with van der Waals surface area (Å²) in [5, 5.41) is 0.249. The van der Waals surface area contributed by atoms with Crippen LogP contribution in [0, 0.1) is 0 Å². The molecule has 2 N–H and O–H groups in total. The molecule has 3 rings (SSSR count). The highest BCUT2D eigenvalue weighted by molar-refractivity contribution is 6.29. The molecule has 0 aliphatic carbocycles. The average Bonchev–Trinajstić information content (AvgIpc) is 2.48. The van der Waals surface area contributed by atoms with Crippen molar-refractivity contribution in [3.63, 3.8) is 0 Å². The smallest absolute Gasteiger partial charge is 0.225 e. The number of nitrogens with two attached hydrogens (primary N) is 1. The molecular weight excluding hydrogens is 286 g/mol. The van der Waals surface area contributed by atoms with Crippen LogP contribution in [0.4, 0.5) is 5.95 Å². The van der Waals surface area contributed by atoms with E-state index in [4.69, 9.17) is 22.1 Å². The molecule has 0 aliphatic rings. The molecule has 21 heavy (non-hydrogen) atoms. The molecule has 0 saturated heterocycles. The summed E-state index contributed by atoms with van der Waals surface area (Å²) >= 11 is 5.81. The number of nitrogen functional groups attached to an aromatic ring is 1. The summed E-state index contributed by atoms with van der Waals surface area (Å²) in [6.07, 6.45) is 0. The lowest BCUT2D eigenvalue weighted by Crippen LogP contribution is -1.97. The number of anilines is 1. The molecule has 0 aliphatic heterocycles. The number of rotatable bonds is 3. The topological polar surface area (TPSA) is 61.0 Å². The summed E-state index contributed by atoms with van der Waals surface area (Å²) in [6.45, 7) is 0. The minimum absolute atomic E-state index is 0.0819. The molecule has 0 unspecified atom stereocenters. The summed E-state index contributed by atoms with van der Waals surface area (Å²) in [5.41, 5.74) is 7.79. The predicted molar refractivity (Wildman–Crippen MR) is 83.4 cm³/mol. The fraction of sp³-hybridized carbons (Fsp3) is 0. The van der Waals surface area contributed by atoms with Gasteiger partial charge in [-0.2, -0.15) is 4.98 Å². The maximum Gasteiger partial charge on any atom is 0.225 e. The van der Waals surface area contributed by atoms with Crippen LogP contribution in [0.3, 0.4) is 0 Å². The second-order valence-electron chi connectivity index (χ2n) is 4.38. The van der Waals surface area contributed by atoms with E-state index in [9.17, 15) is 0 Å². The molecule has 104 valence electrons. The molecule has 0 fully saturated rings. The Hall–Kier alpha value is -2.59. The molecule has 0 atom stereocenters. The van der Waals surface area contributed by atoms with Crippen molar-refractivity contribution >= 4 is 17.5 Å². The first-order valence-corrected chi connectivity index (χ1v) is 6.72. The Labute approximate surface area is 127 Å². The second-order valence-corrected chi connectivity index (χ2v) is 4.77. The normalized spacial score (nSPS) is 10.3. The van der Waals surface area contributed by atoms with Gasteiger partial charge in [0.1, 0.15) is 10.9 Å². The van der Waals surface area contributed by atoms with E-state index in [0.29, 0.717) is 11.6 Å². The van der Waals surface area contributed by atoms with Crippen LogP contribution in [0.15, 0.2) is 60.7 Å². The van der Waals surface area contributed by atoms with E-state index in [1.54, 1.807) is 0 Å². The van der Waals surface area contributed by atoms with E-state index in [1.165, 1.54) is 6.07 Å². The van der Waals surface area contributed by atoms with Gasteiger partial charge in [-0.3, -0.25) is 0 Å². The standard InChI is InChI=1S/C16H12ClN3O/c17-14-10-15(20-16(18)19-14)21-13-8-6-12(7-9-13)11-4-2-1-3-5-11/h1-10H,(H2,18,19,20). The predicted octanol–water partition coefficient (Wildman–Crippen LogP) is 4.17. The van der Waals surface area contributed by atoms with Crippen LogP contribution in [0.5, 0.6) is 11.6 Å². The zero-order valence-corrected chi connectivity index (χ0v) is 11.8. The molecule has 0 radical (unpaired) electrons. The van der Waals surface area contributed by atoms with Gasteiger partial charge in [-0.25, -0.2) is 4.98 Å². The molecule has 4 nitrogen and oxygen atoms in total. The SMILES string of the molecule is Nc1nc(Cl)cc(Oc2ccc(-c3ccccc3)cc2)n1. The molecule has 0 saturated carbocycles. The van der Waals surface area contributed by atoms with Gasteiger partial charge >= 0.3 is 0 Å². The van der Waals surface area contributed by atoms with Gasteiger partial charge in [0.2, 0.25) is 11.8 Å². The summed E-state index contributed by atoms with van der Waals surface area (Å²) in [4.78, 5) is 7.75. The lowest BCUT2D eigenvalue weighted by molar-refractivity contribution is 0.463. The number of nitrogens with zero attached hydrogens (tertiary/aromatic N) is 2. The summed E-state index contributed by atoms with van der Waals surface area (Å²) in [7, 11) is 0. The largest absolute Gasteiger partial charge is 0.439 e. The zero-order chi connectivity index (χ0) is 14.7. The van der Waals surface area contributed by atoms with Crippen LogP contribution >= 0.6 is 11.6 Å². The fourth-order valence-electron chi connectivity index (χ4n) is 1.93. The lowest BCUT2D eigenvalue weighted by Gasteiger charge is -2.07. The third-order valence-electron chi connectivity index (χ3n) is 2.87. The number of hydrogen-bond acceptors (Lipinski definition) is 4. The average molecular weight is 298 g/mol. The first-order valence-electron chi connectivity index (χ1n) is 6.34. The third-order valence-corrected chi connectivity index (χ3v) is 3.07. The molecular formula is C16H12ClN3O. The molecule has 1 heterocycles. The van der Waals surface area contributed by atoms with Crippen molar-refractivity contribution in [3.8, 4) is 22.8 Å². The van der Waals surface area contributed by atoms with Gasteiger partial charge in [0, 0.05) is 6.07 Å². The lowest BCUT2D eigenvalue weighted by atomic mass is 10.1. The monoisotopic (exact) mass is 297 g/mol. The Bertz CT molecular complexity index is 725. The van der Waals surface area contributed by atoms with E-state index in [2.05, 4.69) is 22.1 Å². The van der Waals surface area contributed by atoms with Crippen molar-refractivity contribution in [1.29, 1.82) is 0 Å². The Morgan fingerprint density at radius 2 is 1.52 bits per heavy atom. The molecule has 0 bridgehead atoms. The number of hydrogen-bond donors (Lipinski definition) is 1. The summed E-state index contributed by atoms with van der Waals surface area (Å²) < 4.78 is 5.62. The number of ether oxygens (including phenoxy) is 1. The van der Waals surface area contributed by atoms with Gasteiger partial charge in [0.05, 0.1) is 0 Å². The highest BCUT2D eigenvalue weighted by Crippen LogP contribution is 2.26. The van der Waals surface area contributed by atoms with E-state index >= 15 is 0 Å². The van der Waals surface area contributed by atoms with Crippen molar-refractivity contribution in [3.05, 3.63) is 65.8 Å². The number of benzene rings is 2. The molecule has 3 aromatic rings. The van der Waals surface area contributed by atoms with Gasteiger partial charge in [0.25, 0.3) is 0 Å². The van der Waals surface area contributed by atoms with Gasteiger partial charge < -0.3 is 10.5 Å². The minimum atomic E-state index is 0.0819. The van der Waals surface area contributed by atoms with Gasteiger partial charge in [0.15, 0.2) is 0 Å². The van der Waals surface area contributed by atoms with Crippen molar-refractivity contribution in [2.45, 2.75) is 0 Å². The Balaban J connectivity index is 1.81. The quantitative estimate of drug-likeness (QED) is 0.737. The van der Waals surface area contributed by atoms with Crippen molar-refractivity contribution in [2.75, 3.05) is 5.73 Å². The first kappa shape index (κ1) is 13.4. The van der Waals surface area contributed by atoms with Crippen molar-refractivity contribution in [1.82, 2.24) is 9.97 Å². The van der Waals surface area contributed by atoms with E-state index < -0.39 is 0 Å². The Morgan fingerprint density at radius 1 is 0.857 bits per heavy atom. The van der Waals surface area contributed by atoms with Crippen LogP contribution < -0.4 is 10.5 Å². The Morgan fingerprint density at radius 3 is 2.19 bits per heavy atom. The molecule has 0 amide bonds. The molecule has 5 heteroatoms. The van der Waals surface area contributed by atoms with Crippen LogP contribution in [0.25, 0.3) is 11.1 Å². The maximum absolute atomic E-state index is 5.81. The molecule has 0 spiro atoms. The molecule has 2 aromatic carbocycles. The first-order chi connectivity index (χ1) is 10.2. The van der Waals surface area contributed by atoms with Gasteiger partial charge in [-0.15, -0.1) is 0 Å². The zero-order valence-electron chi connectivity index (χ0n) is 11.0. The van der Waals surface area contributed by atoms with Crippen LogP contribution in [0.2, 0.25) is 5.15 Å². The van der Waals surface area contributed by atoms with Crippen LogP contribution in [-0.2, 0) is 0 Å². The van der Waals surface area contributed by atoms with Crippen molar-refractivity contribution in [2.24, 2.45) is 0 Å². The van der Waals surface area contributed by atoms with Crippen molar-refractivity contribution < 1.29 is 4.74 Å². The third kappa shape index (κ3) is 3.30. The maximum atomic E-state index is 5.81. The highest BCUT2D eigenvalue weighted by Gasteiger charge is 2.04. The number of halogens is 1. The highest BCUT2D eigenvalue weighted by atomic mass is 35.5. The number of aromatic nitrogens is 2. The van der Waals surface area contributed by atoms with Gasteiger partial charge in [-0.1, -0.05) is 54.1 Å². The van der Waals surface area contributed by atoms with Gasteiger partial charge in [-0.05, 0) is 23.3 Å². The summed E-state index contributed by atoms with van der Waals surface area (Å²) in [5.74, 6) is 1.06.